The lowest BCUT2D eigenvalue weighted by Gasteiger charge is -2.17. The number of halogens is 2. The molecule has 0 saturated heterocycles. The molecule has 2 aromatic carbocycles. The van der Waals surface area contributed by atoms with Crippen LogP contribution in [-0.4, -0.2) is 6.04 Å². The Hall–Kier alpha value is -1.58. The third-order valence-corrected chi connectivity index (χ3v) is 5.83. The van der Waals surface area contributed by atoms with Crippen LogP contribution >= 0.6 is 34.5 Å². The Labute approximate surface area is 169 Å². The molecule has 0 bridgehead atoms. The SMILES string of the molecule is CC(N)C(C=Cc1cccc(-c2ccsc2)c1)Cc1ccc(Cl)c(Cl)c1. The number of nitrogens with two attached hydrogens (primary N) is 1. The number of rotatable bonds is 6. The van der Waals surface area contributed by atoms with Crippen molar-refractivity contribution in [2.24, 2.45) is 11.7 Å². The highest BCUT2D eigenvalue weighted by Crippen LogP contribution is 2.26. The molecule has 0 spiro atoms. The van der Waals surface area contributed by atoms with Gasteiger partial charge >= 0.3 is 0 Å². The minimum atomic E-state index is 0.0424. The van der Waals surface area contributed by atoms with E-state index in [1.54, 1.807) is 11.3 Å². The normalized spacial score (nSPS) is 13.8. The van der Waals surface area contributed by atoms with Gasteiger partial charge in [-0.3, -0.25) is 0 Å². The average Bonchev–Trinajstić information content (AvgIpc) is 3.16. The van der Waals surface area contributed by atoms with E-state index in [-0.39, 0.29) is 12.0 Å². The average molecular weight is 402 g/mol. The van der Waals surface area contributed by atoms with E-state index in [0.29, 0.717) is 10.0 Å². The van der Waals surface area contributed by atoms with Crippen molar-refractivity contribution < 1.29 is 0 Å². The van der Waals surface area contributed by atoms with Crippen molar-refractivity contribution >= 4 is 40.6 Å². The summed E-state index contributed by atoms with van der Waals surface area (Å²) in [7, 11) is 0. The van der Waals surface area contributed by atoms with Crippen molar-refractivity contribution in [3.63, 3.8) is 0 Å². The van der Waals surface area contributed by atoms with E-state index in [4.69, 9.17) is 28.9 Å². The summed E-state index contributed by atoms with van der Waals surface area (Å²) in [5, 5.41) is 5.42. The Kier molecular flexibility index (Phi) is 6.55. The van der Waals surface area contributed by atoms with Gasteiger partial charge in [0.2, 0.25) is 0 Å². The van der Waals surface area contributed by atoms with Gasteiger partial charge in [-0.15, -0.1) is 0 Å². The van der Waals surface area contributed by atoms with Crippen molar-refractivity contribution in [2.45, 2.75) is 19.4 Å². The number of hydrogen-bond donors (Lipinski definition) is 1. The van der Waals surface area contributed by atoms with Gasteiger partial charge in [0.15, 0.2) is 0 Å². The maximum Gasteiger partial charge on any atom is 0.0595 e. The molecule has 134 valence electrons. The van der Waals surface area contributed by atoms with Crippen molar-refractivity contribution in [1.82, 2.24) is 0 Å². The van der Waals surface area contributed by atoms with Crippen molar-refractivity contribution in [2.75, 3.05) is 0 Å². The Morgan fingerprint density at radius 1 is 1.04 bits per heavy atom. The van der Waals surface area contributed by atoms with Crippen molar-refractivity contribution in [1.29, 1.82) is 0 Å². The third kappa shape index (κ3) is 4.99. The van der Waals surface area contributed by atoms with Gasteiger partial charge in [0.25, 0.3) is 0 Å². The number of hydrogen-bond acceptors (Lipinski definition) is 2. The van der Waals surface area contributed by atoms with Gasteiger partial charge in [0.05, 0.1) is 10.0 Å². The number of thiophene rings is 1. The fourth-order valence-corrected chi connectivity index (χ4v) is 3.84. The smallest absolute Gasteiger partial charge is 0.0595 e. The van der Waals surface area contributed by atoms with Crippen LogP contribution in [0, 0.1) is 5.92 Å². The van der Waals surface area contributed by atoms with Crippen LogP contribution in [0.25, 0.3) is 17.2 Å². The van der Waals surface area contributed by atoms with E-state index in [1.807, 2.05) is 25.1 Å². The molecule has 0 fully saturated rings. The highest BCUT2D eigenvalue weighted by atomic mass is 35.5. The molecule has 0 aliphatic heterocycles. The molecule has 3 rings (SSSR count). The second-order valence-corrected chi connectivity index (χ2v) is 8.07. The molecule has 0 amide bonds. The Balaban J connectivity index is 1.77. The first-order valence-corrected chi connectivity index (χ1v) is 10.2. The zero-order chi connectivity index (χ0) is 18.5. The lowest BCUT2D eigenvalue weighted by molar-refractivity contribution is 0.534. The van der Waals surface area contributed by atoms with E-state index >= 15 is 0 Å². The van der Waals surface area contributed by atoms with Crippen molar-refractivity contribution in [3.8, 4) is 11.1 Å². The van der Waals surface area contributed by atoms with Gasteiger partial charge in [-0.1, -0.05) is 59.6 Å². The molecule has 3 aromatic rings. The largest absolute Gasteiger partial charge is 0.327 e. The van der Waals surface area contributed by atoms with E-state index in [0.717, 1.165) is 12.0 Å². The molecule has 0 aliphatic carbocycles. The molecule has 2 unspecified atom stereocenters. The summed E-state index contributed by atoms with van der Waals surface area (Å²) >= 11 is 13.9. The first-order chi connectivity index (χ1) is 12.5. The molecule has 1 heterocycles. The van der Waals surface area contributed by atoms with E-state index in [1.165, 1.54) is 16.7 Å². The van der Waals surface area contributed by atoms with Gasteiger partial charge in [0.1, 0.15) is 0 Å². The summed E-state index contributed by atoms with van der Waals surface area (Å²) in [5.41, 5.74) is 11.0. The second-order valence-electron chi connectivity index (χ2n) is 6.47. The van der Waals surface area contributed by atoms with Crippen LogP contribution in [0.1, 0.15) is 18.1 Å². The number of benzene rings is 2. The predicted molar refractivity (Wildman–Crippen MR) is 116 cm³/mol. The van der Waals surface area contributed by atoms with Crippen LogP contribution in [0.2, 0.25) is 10.0 Å². The fraction of sp³-hybridized carbons (Fsp3) is 0.182. The molecule has 2 N–H and O–H groups in total. The molecule has 26 heavy (non-hydrogen) atoms. The Morgan fingerprint density at radius 3 is 2.58 bits per heavy atom. The van der Waals surface area contributed by atoms with Gasteiger partial charge in [-0.2, -0.15) is 11.3 Å². The van der Waals surface area contributed by atoms with E-state index in [2.05, 4.69) is 53.2 Å². The van der Waals surface area contributed by atoms with Crippen LogP contribution in [-0.2, 0) is 6.42 Å². The van der Waals surface area contributed by atoms with Gasteiger partial charge in [0, 0.05) is 6.04 Å². The topological polar surface area (TPSA) is 26.0 Å². The minimum absolute atomic E-state index is 0.0424. The molecule has 0 saturated carbocycles. The molecular formula is C22H21Cl2NS. The first kappa shape index (κ1) is 19.2. The van der Waals surface area contributed by atoms with Crippen molar-refractivity contribution in [3.05, 3.63) is 86.5 Å². The summed E-state index contributed by atoms with van der Waals surface area (Å²) < 4.78 is 0. The van der Waals surface area contributed by atoms with Gasteiger partial charge in [-0.05, 0) is 76.5 Å². The van der Waals surface area contributed by atoms with Crippen LogP contribution < -0.4 is 5.73 Å². The third-order valence-electron chi connectivity index (χ3n) is 4.41. The zero-order valence-electron chi connectivity index (χ0n) is 14.5. The molecule has 1 aromatic heterocycles. The Bertz CT molecular complexity index is 885. The summed E-state index contributed by atoms with van der Waals surface area (Å²) in [6.07, 6.45) is 5.18. The zero-order valence-corrected chi connectivity index (χ0v) is 16.9. The van der Waals surface area contributed by atoms with Crippen LogP contribution in [0.3, 0.4) is 0 Å². The maximum atomic E-state index is 6.21. The van der Waals surface area contributed by atoms with E-state index < -0.39 is 0 Å². The minimum Gasteiger partial charge on any atom is -0.327 e. The molecule has 0 radical (unpaired) electrons. The summed E-state index contributed by atoms with van der Waals surface area (Å²) in [5.74, 6) is 0.219. The standard InChI is InChI=1S/C22H21Cl2NS/c1-15(25)18(12-17-6-8-21(23)22(24)13-17)7-5-16-3-2-4-19(11-16)20-9-10-26-14-20/h2-11,13-15,18H,12,25H2,1H3. The van der Waals surface area contributed by atoms with Crippen LogP contribution in [0.4, 0.5) is 0 Å². The van der Waals surface area contributed by atoms with E-state index in [9.17, 15) is 0 Å². The molecule has 1 nitrogen and oxygen atoms in total. The predicted octanol–water partition coefficient (Wildman–Crippen LogP) is 6.94. The quantitative estimate of drug-likeness (QED) is 0.475. The van der Waals surface area contributed by atoms with Crippen LogP contribution in [0.5, 0.6) is 0 Å². The maximum absolute atomic E-state index is 6.21. The highest BCUT2D eigenvalue weighted by Gasteiger charge is 2.12. The lowest BCUT2D eigenvalue weighted by Crippen LogP contribution is -2.26. The first-order valence-electron chi connectivity index (χ1n) is 8.53. The molecule has 0 aliphatic rings. The molecular weight excluding hydrogens is 381 g/mol. The molecule has 4 heteroatoms. The fourth-order valence-electron chi connectivity index (χ4n) is 2.85. The monoisotopic (exact) mass is 401 g/mol. The summed E-state index contributed by atoms with van der Waals surface area (Å²) in [6, 6.07) is 16.5. The van der Waals surface area contributed by atoms with Gasteiger partial charge < -0.3 is 5.73 Å². The lowest BCUT2D eigenvalue weighted by atomic mass is 9.92. The summed E-state index contributed by atoms with van der Waals surface area (Å²) in [4.78, 5) is 0. The van der Waals surface area contributed by atoms with Crippen LogP contribution in [0.15, 0.2) is 65.4 Å². The highest BCUT2D eigenvalue weighted by molar-refractivity contribution is 7.08. The second kappa shape index (κ2) is 8.88. The summed E-state index contributed by atoms with van der Waals surface area (Å²) in [6.45, 7) is 2.04. The Morgan fingerprint density at radius 2 is 1.88 bits per heavy atom. The van der Waals surface area contributed by atoms with Gasteiger partial charge in [-0.25, -0.2) is 0 Å². The molecule has 2 atom stereocenters.